The lowest BCUT2D eigenvalue weighted by atomic mass is 10.1. The van der Waals surface area contributed by atoms with E-state index in [1.165, 1.54) is 5.39 Å². The number of aromatic nitrogens is 4. The molecule has 0 saturated heterocycles. The Kier molecular flexibility index (Phi) is 4.39. The van der Waals surface area contributed by atoms with Crippen molar-refractivity contribution in [1.29, 1.82) is 0 Å². The van der Waals surface area contributed by atoms with Gasteiger partial charge >= 0.3 is 0 Å². The predicted octanol–water partition coefficient (Wildman–Crippen LogP) is 7.31. The molecule has 0 unspecified atom stereocenters. The quantitative estimate of drug-likeness (QED) is 0.281. The van der Waals surface area contributed by atoms with Gasteiger partial charge in [0.25, 0.3) is 0 Å². The third-order valence-electron chi connectivity index (χ3n) is 6.26. The molecule has 0 amide bonds. The molecule has 0 atom stereocenters. The lowest BCUT2D eigenvalue weighted by molar-refractivity contribution is 0.483. The molecule has 4 aromatic carbocycles. The maximum atomic E-state index is 6.33. The van der Waals surface area contributed by atoms with Gasteiger partial charge in [0.2, 0.25) is 0 Å². The second kappa shape index (κ2) is 7.85. The van der Waals surface area contributed by atoms with E-state index in [2.05, 4.69) is 52.0 Å². The van der Waals surface area contributed by atoms with Crippen LogP contribution >= 0.6 is 0 Å². The molecule has 3 aromatic heterocycles. The highest BCUT2D eigenvalue weighted by Crippen LogP contribution is 2.35. The molecule has 7 aromatic rings. The molecule has 5 nitrogen and oxygen atoms in total. The minimum absolute atomic E-state index is 0.752. The Morgan fingerprint density at radius 3 is 2.37 bits per heavy atom. The molecule has 5 heteroatoms. The zero-order valence-electron chi connectivity index (χ0n) is 18.7. The molecule has 7 rings (SSSR count). The van der Waals surface area contributed by atoms with Gasteiger partial charge in [-0.05, 0) is 48.5 Å². The predicted molar refractivity (Wildman–Crippen MR) is 140 cm³/mol. The van der Waals surface area contributed by atoms with Crippen LogP contribution in [0.2, 0.25) is 0 Å². The van der Waals surface area contributed by atoms with Gasteiger partial charge in [0.05, 0.1) is 22.2 Å². The zero-order chi connectivity index (χ0) is 23.2. The summed E-state index contributed by atoms with van der Waals surface area (Å²) in [5.41, 5.74) is 4.08. The van der Waals surface area contributed by atoms with E-state index in [1.807, 2.05) is 83.8 Å². The summed E-state index contributed by atoms with van der Waals surface area (Å²) in [7, 11) is 0. The highest BCUT2D eigenvalue weighted by atomic mass is 16.5. The van der Waals surface area contributed by atoms with E-state index in [4.69, 9.17) is 9.84 Å². The zero-order valence-corrected chi connectivity index (χ0v) is 18.7. The Hall–Kier alpha value is -4.90. The number of ether oxygens (including phenoxy) is 1. The van der Waals surface area contributed by atoms with E-state index in [1.54, 1.807) is 0 Å². The van der Waals surface area contributed by atoms with Crippen molar-refractivity contribution in [2.75, 3.05) is 0 Å². The van der Waals surface area contributed by atoms with Gasteiger partial charge in [0.15, 0.2) is 0 Å². The highest BCUT2D eigenvalue weighted by Gasteiger charge is 2.14. The van der Waals surface area contributed by atoms with Crippen molar-refractivity contribution in [3.8, 4) is 23.0 Å². The number of para-hydroxylation sites is 1. The van der Waals surface area contributed by atoms with Crippen LogP contribution in [0, 0.1) is 0 Å². The van der Waals surface area contributed by atoms with E-state index in [9.17, 15) is 0 Å². The fourth-order valence-electron chi connectivity index (χ4n) is 4.67. The number of pyridine rings is 1. The standard InChI is InChI=1S/C30H20N4O/c1-3-12-27-21(8-1)20-33(32-27)22-9-7-10-23(18-22)35-24-15-16-26-25-11-2-4-13-28(25)34(29(26)19-24)30-14-5-6-17-31-30/h1-20H. The van der Waals surface area contributed by atoms with E-state index < -0.39 is 0 Å². The molecule has 0 aliphatic rings. The number of rotatable bonds is 4. The summed E-state index contributed by atoms with van der Waals surface area (Å²) in [4.78, 5) is 4.61. The van der Waals surface area contributed by atoms with Gasteiger partial charge in [-0.15, -0.1) is 0 Å². The Morgan fingerprint density at radius 1 is 0.629 bits per heavy atom. The summed E-state index contributed by atoms with van der Waals surface area (Å²) in [6, 6.07) is 36.7. The maximum Gasteiger partial charge on any atom is 0.137 e. The first-order valence-electron chi connectivity index (χ1n) is 11.5. The van der Waals surface area contributed by atoms with Crippen molar-refractivity contribution in [1.82, 2.24) is 19.3 Å². The van der Waals surface area contributed by atoms with E-state index in [0.29, 0.717) is 0 Å². The Balaban J connectivity index is 1.31. The van der Waals surface area contributed by atoms with Crippen LogP contribution in [0.5, 0.6) is 11.5 Å². The second-order valence-electron chi connectivity index (χ2n) is 8.45. The molecule has 3 heterocycles. The van der Waals surface area contributed by atoms with E-state index in [0.717, 1.165) is 50.3 Å². The van der Waals surface area contributed by atoms with Crippen LogP contribution in [0.3, 0.4) is 0 Å². The number of hydrogen-bond donors (Lipinski definition) is 0. The summed E-state index contributed by atoms with van der Waals surface area (Å²) in [5.74, 6) is 2.39. The van der Waals surface area contributed by atoms with Gasteiger partial charge in [-0.3, -0.25) is 4.57 Å². The first-order valence-corrected chi connectivity index (χ1v) is 11.5. The molecule has 0 bridgehead atoms. The SMILES string of the molecule is c1ccc(-n2c3ccccc3c3ccc(Oc4cccc(-n5cc6ccccc6n5)c4)cc32)nc1. The van der Waals surface area contributed by atoms with Crippen LogP contribution in [0.25, 0.3) is 44.2 Å². The lowest BCUT2D eigenvalue weighted by Gasteiger charge is -2.10. The first kappa shape index (κ1) is 19.6. The normalized spacial score (nSPS) is 11.4. The lowest BCUT2D eigenvalue weighted by Crippen LogP contribution is -1.97. The molecule has 35 heavy (non-hydrogen) atoms. The maximum absolute atomic E-state index is 6.33. The summed E-state index contributed by atoms with van der Waals surface area (Å²) in [6.45, 7) is 0. The smallest absolute Gasteiger partial charge is 0.137 e. The minimum Gasteiger partial charge on any atom is -0.457 e. The number of nitrogens with zero attached hydrogens (tertiary/aromatic N) is 4. The summed E-state index contributed by atoms with van der Waals surface area (Å²) < 4.78 is 10.4. The second-order valence-corrected chi connectivity index (χ2v) is 8.45. The van der Waals surface area contributed by atoms with Crippen LogP contribution in [0.15, 0.2) is 122 Å². The highest BCUT2D eigenvalue weighted by molar-refractivity contribution is 6.09. The van der Waals surface area contributed by atoms with Gasteiger partial charge in [0, 0.05) is 40.7 Å². The Labute approximate surface area is 201 Å². The molecule has 0 saturated carbocycles. The monoisotopic (exact) mass is 452 g/mol. The topological polar surface area (TPSA) is 44.9 Å². The van der Waals surface area contributed by atoms with Crippen LogP contribution in [-0.4, -0.2) is 19.3 Å². The largest absolute Gasteiger partial charge is 0.457 e. The van der Waals surface area contributed by atoms with E-state index in [-0.39, 0.29) is 0 Å². The van der Waals surface area contributed by atoms with Crippen molar-refractivity contribution >= 4 is 32.7 Å². The fraction of sp³-hybridized carbons (Fsp3) is 0. The molecule has 166 valence electrons. The number of hydrogen-bond acceptors (Lipinski definition) is 3. The Bertz CT molecular complexity index is 1800. The van der Waals surface area contributed by atoms with Crippen molar-refractivity contribution in [2.24, 2.45) is 0 Å². The number of fused-ring (bicyclic) bond motifs is 4. The molecule has 0 radical (unpaired) electrons. The molecule has 0 spiro atoms. The van der Waals surface area contributed by atoms with Crippen molar-refractivity contribution in [2.45, 2.75) is 0 Å². The van der Waals surface area contributed by atoms with Crippen LogP contribution in [-0.2, 0) is 0 Å². The summed E-state index contributed by atoms with van der Waals surface area (Å²) in [5, 5.41) is 8.15. The molecule has 0 fully saturated rings. The van der Waals surface area contributed by atoms with E-state index >= 15 is 0 Å². The average Bonchev–Trinajstić information content (AvgIpc) is 3.49. The number of benzene rings is 4. The summed E-state index contributed by atoms with van der Waals surface area (Å²) >= 11 is 0. The van der Waals surface area contributed by atoms with Crippen molar-refractivity contribution in [3.63, 3.8) is 0 Å². The Morgan fingerprint density at radius 2 is 1.46 bits per heavy atom. The van der Waals surface area contributed by atoms with Gasteiger partial charge in [0.1, 0.15) is 17.3 Å². The molecular formula is C30H20N4O. The first-order chi connectivity index (χ1) is 17.3. The van der Waals surface area contributed by atoms with Gasteiger partial charge in [-0.25, -0.2) is 9.67 Å². The van der Waals surface area contributed by atoms with Gasteiger partial charge in [-0.1, -0.05) is 48.5 Å². The fourth-order valence-corrected chi connectivity index (χ4v) is 4.67. The third kappa shape index (κ3) is 3.33. The van der Waals surface area contributed by atoms with Gasteiger partial charge in [-0.2, -0.15) is 5.10 Å². The van der Waals surface area contributed by atoms with Gasteiger partial charge < -0.3 is 4.74 Å². The van der Waals surface area contributed by atoms with Crippen molar-refractivity contribution in [3.05, 3.63) is 122 Å². The molecule has 0 aliphatic heterocycles. The average molecular weight is 453 g/mol. The van der Waals surface area contributed by atoms with Crippen molar-refractivity contribution < 1.29 is 4.74 Å². The molecule has 0 N–H and O–H groups in total. The summed E-state index contributed by atoms with van der Waals surface area (Å²) in [6.07, 6.45) is 3.85. The third-order valence-corrected chi connectivity index (χ3v) is 6.26. The minimum atomic E-state index is 0.752. The van der Waals surface area contributed by atoms with Crippen LogP contribution in [0.4, 0.5) is 0 Å². The van der Waals surface area contributed by atoms with Crippen LogP contribution in [0.1, 0.15) is 0 Å². The molecular weight excluding hydrogens is 432 g/mol. The molecule has 0 aliphatic carbocycles. The van der Waals surface area contributed by atoms with Crippen LogP contribution < -0.4 is 4.74 Å².